The quantitative estimate of drug-likeness (QED) is 0.580. The summed E-state index contributed by atoms with van der Waals surface area (Å²) in [6.45, 7) is 0. The smallest absolute Gasteiger partial charge is 0.336 e. The summed E-state index contributed by atoms with van der Waals surface area (Å²) in [5.74, 6) is 0.637. The van der Waals surface area contributed by atoms with Crippen molar-refractivity contribution in [3.8, 4) is 17.2 Å². The Kier molecular flexibility index (Phi) is 5.33. The number of nitrogens with one attached hydrogen (secondary N) is 1. The molecule has 1 aromatic heterocycles. The molecule has 1 saturated carbocycles. The minimum Gasteiger partial charge on any atom is -0.496 e. The number of methoxy groups -OCH3 is 1. The number of pyridine rings is 1. The van der Waals surface area contributed by atoms with Crippen LogP contribution in [0.5, 0.6) is 17.2 Å². The highest BCUT2D eigenvalue weighted by atomic mass is 35.5. The molecule has 1 aliphatic rings. The van der Waals surface area contributed by atoms with Crippen LogP contribution in [-0.2, 0) is 0 Å². The molecule has 0 saturated heterocycles. The largest absolute Gasteiger partial charge is 0.496 e. The van der Waals surface area contributed by atoms with E-state index < -0.39 is 5.91 Å². The second-order valence-electron chi connectivity index (χ2n) is 6.85. The van der Waals surface area contributed by atoms with Gasteiger partial charge in [0.15, 0.2) is 0 Å². The van der Waals surface area contributed by atoms with Crippen LogP contribution in [0.25, 0.3) is 10.9 Å². The van der Waals surface area contributed by atoms with E-state index in [1.54, 1.807) is 48.7 Å². The Bertz CT molecular complexity index is 1130. The van der Waals surface area contributed by atoms with Gasteiger partial charge in [-0.05, 0) is 37.1 Å². The topological polar surface area (TPSA) is 107 Å². The van der Waals surface area contributed by atoms with E-state index in [-0.39, 0.29) is 17.6 Å². The molecular weight excluding hydrogens is 408 g/mol. The lowest BCUT2D eigenvalue weighted by molar-refractivity contribution is 0.0997. The number of hydrogen-bond donors (Lipinski definition) is 2. The van der Waals surface area contributed by atoms with Gasteiger partial charge in [0, 0.05) is 41.5 Å². The molecule has 3 N–H and O–H groups in total. The number of hydrogen-bond acceptors (Lipinski definition) is 5. The van der Waals surface area contributed by atoms with E-state index in [2.05, 4.69) is 10.3 Å². The Morgan fingerprint density at radius 1 is 1.20 bits per heavy atom. The number of rotatable bonds is 6. The molecule has 3 aromatic rings. The Balaban J connectivity index is 1.64. The number of amides is 3. The maximum absolute atomic E-state index is 12.2. The monoisotopic (exact) mass is 426 g/mol. The third-order valence-corrected chi connectivity index (χ3v) is 4.99. The number of nitrogens with two attached hydrogens (primary N) is 1. The third kappa shape index (κ3) is 4.08. The Morgan fingerprint density at radius 3 is 2.70 bits per heavy atom. The summed E-state index contributed by atoms with van der Waals surface area (Å²) < 4.78 is 12.3. The summed E-state index contributed by atoms with van der Waals surface area (Å²) in [6, 6.07) is 11.5. The van der Waals surface area contributed by atoms with Crippen LogP contribution in [-0.4, -0.2) is 30.1 Å². The number of anilines is 1. The molecular formula is C21H19ClN4O4. The molecule has 0 unspecified atom stereocenters. The summed E-state index contributed by atoms with van der Waals surface area (Å²) in [5.41, 5.74) is 6.73. The van der Waals surface area contributed by atoms with Crippen LogP contribution in [0.15, 0.2) is 48.7 Å². The number of halogens is 1. The lowest BCUT2D eigenvalue weighted by Gasteiger charge is -2.16. The molecule has 1 heterocycles. The normalized spacial score (nSPS) is 13.0. The number of urea groups is 1. The average molecular weight is 427 g/mol. The van der Waals surface area contributed by atoms with E-state index in [0.29, 0.717) is 33.8 Å². The van der Waals surface area contributed by atoms with Crippen LogP contribution in [0.3, 0.4) is 0 Å². The van der Waals surface area contributed by atoms with Gasteiger partial charge in [0.1, 0.15) is 17.2 Å². The van der Waals surface area contributed by atoms with E-state index in [9.17, 15) is 9.59 Å². The molecule has 3 amide bonds. The van der Waals surface area contributed by atoms with Gasteiger partial charge in [0.25, 0.3) is 5.91 Å². The number of carbonyl (C=O) groups is 2. The fraction of sp³-hybridized carbons (Fsp3) is 0.190. The van der Waals surface area contributed by atoms with Gasteiger partial charge >= 0.3 is 6.03 Å². The first-order valence-corrected chi connectivity index (χ1v) is 9.61. The minimum absolute atomic E-state index is 0.192. The maximum Gasteiger partial charge on any atom is 0.336 e. The number of ether oxygens (including phenoxy) is 2. The minimum atomic E-state index is -0.620. The zero-order valence-electron chi connectivity index (χ0n) is 16.1. The lowest BCUT2D eigenvalue weighted by Crippen LogP contribution is -2.35. The number of primary amides is 1. The van der Waals surface area contributed by atoms with E-state index in [4.69, 9.17) is 27.0 Å². The number of fused-ring (bicyclic) bond motifs is 1. The number of aromatic nitrogens is 1. The van der Waals surface area contributed by atoms with Gasteiger partial charge in [-0.3, -0.25) is 9.78 Å². The van der Waals surface area contributed by atoms with Crippen molar-refractivity contribution in [1.29, 1.82) is 0 Å². The second kappa shape index (κ2) is 8.08. The highest BCUT2D eigenvalue weighted by Gasteiger charge is 2.26. The van der Waals surface area contributed by atoms with Crippen molar-refractivity contribution >= 4 is 40.3 Å². The fourth-order valence-corrected chi connectivity index (χ4v) is 3.12. The van der Waals surface area contributed by atoms with Gasteiger partial charge in [-0.25, -0.2) is 9.21 Å². The second-order valence-corrected chi connectivity index (χ2v) is 7.19. The number of carbonyl (C=O) groups excluding carboxylic acids is 2. The number of nitrogens with zero attached hydrogens (tertiary/aromatic N) is 2. The lowest BCUT2D eigenvalue weighted by atomic mass is 10.1. The molecule has 0 bridgehead atoms. The average Bonchev–Trinajstić information content (AvgIpc) is 3.56. The van der Waals surface area contributed by atoms with Crippen molar-refractivity contribution in [2.24, 2.45) is 5.73 Å². The molecule has 0 aliphatic heterocycles. The molecule has 1 aliphatic carbocycles. The zero-order chi connectivity index (χ0) is 21.3. The summed E-state index contributed by atoms with van der Waals surface area (Å²) in [4.78, 5) is 28.3. The third-order valence-electron chi connectivity index (χ3n) is 4.64. The number of benzene rings is 2. The molecule has 30 heavy (non-hydrogen) atoms. The first-order valence-electron chi connectivity index (χ1n) is 9.27. The van der Waals surface area contributed by atoms with Crippen molar-refractivity contribution < 1.29 is 19.1 Å². The van der Waals surface area contributed by atoms with Crippen molar-refractivity contribution in [3.63, 3.8) is 0 Å². The van der Waals surface area contributed by atoms with Crippen LogP contribution in [0.2, 0.25) is 0 Å². The molecule has 0 spiro atoms. The van der Waals surface area contributed by atoms with Gasteiger partial charge in [-0.2, -0.15) is 0 Å². The molecule has 2 aromatic carbocycles. The summed E-state index contributed by atoms with van der Waals surface area (Å²) in [5, 5.41) is 3.41. The summed E-state index contributed by atoms with van der Waals surface area (Å²) in [6.07, 6.45) is 3.52. The van der Waals surface area contributed by atoms with E-state index >= 15 is 0 Å². The van der Waals surface area contributed by atoms with Gasteiger partial charge in [0.05, 0.1) is 23.9 Å². The standard InChI is InChI=1S/C21H19ClN4O4/c1-29-19-11-17-15(10-16(19)20(23)27)18(7-8-24-17)30-14-4-2-3-13(9-14)26(22)21(28)25-12-5-6-12/h2-4,7-12H,5-6H2,1H3,(H2,23,27)(H,25,28). The van der Waals surface area contributed by atoms with Gasteiger partial charge in [-0.1, -0.05) is 6.07 Å². The SMILES string of the molecule is COc1cc2nccc(Oc3cccc(N(Cl)C(=O)NC4CC4)c3)c2cc1C(N)=O. The van der Waals surface area contributed by atoms with Crippen molar-refractivity contribution in [2.45, 2.75) is 18.9 Å². The van der Waals surface area contributed by atoms with Crippen molar-refractivity contribution in [2.75, 3.05) is 11.5 Å². The van der Waals surface area contributed by atoms with Gasteiger partial charge < -0.3 is 20.5 Å². The first kappa shape index (κ1) is 19.8. The van der Waals surface area contributed by atoms with E-state index in [0.717, 1.165) is 17.3 Å². The molecule has 0 radical (unpaired) electrons. The van der Waals surface area contributed by atoms with Crippen LogP contribution >= 0.6 is 11.8 Å². The van der Waals surface area contributed by atoms with Crippen LogP contribution < -0.4 is 24.9 Å². The van der Waals surface area contributed by atoms with E-state index in [1.807, 2.05) is 0 Å². The predicted octanol–water partition coefficient (Wildman–Crippen LogP) is 3.97. The summed E-state index contributed by atoms with van der Waals surface area (Å²) in [7, 11) is 1.46. The maximum atomic E-state index is 12.2. The molecule has 1 fully saturated rings. The molecule has 4 rings (SSSR count). The molecule has 0 atom stereocenters. The first-order chi connectivity index (χ1) is 14.5. The van der Waals surface area contributed by atoms with Crippen LogP contribution in [0, 0.1) is 0 Å². The van der Waals surface area contributed by atoms with Crippen molar-refractivity contribution in [3.05, 3.63) is 54.2 Å². The molecule has 154 valence electrons. The van der Waals surface area contributed by atoms with Gasteiger partial charge in [0.2, 0.25) is 0 Å². The highest BCUT2D eigenvalue weighted by Crippen LogP contribution is 2.34. The predicted molar refractivity (Wildman–Crippen MR) is 113 cm³/mol. The molecule has 9 heteroatoms. The fourth-order valence-electron chi connectivity index (χ4n) is 2.97. The highest BCUT2D eigenvalue weighted by molar-refractivity contribution is 6.36. The summed E-state index contributed by atoms with van der Waals surface area (Å²) >= 11 is 6.18. The Morgan fingerprint density at radius 2 is 2.00 bits per heavy atom. The van der Waals surface area contributed by atoms with Crippen LogP contribution in [0.4, 0.5) is 10.5 Å². The Hall–Kier alpha value is -3.52. The zero-order valence-corrected chi connectivity index (χ0v) is 16.8. The van der Waals surface area contributed by atoms with E-state index in [1.165, 1.54) is 7.11 Å². The van der Waals surface area contributed by atoms with Crippen LogP contribution in [0.1, 0.15) is 23.2 Å². The van der Waals surface area contributed by atoms with Crippen molar-refractivity contribution in [1.82, 2.24) is 10.3 Å². The van der Waals surface area contributed by atoms with Gasteiger partial charge in [-0.15, -0.1) is 0 Å². The Labute approximate surface area is 177 Å². The molecule has 8 nitrogen and oxygen atoms in total.